The lowest BCUT2D eigenvalue weighted by molar-refractivity contribution is -0.150. The number of carbonyl (C=O) groups is 1. The summed E-state index contributed by atoms with van der Waals surface area (Å²) in [6.45, 7) is 5.81. The highest BCUT2D eigenvalue weighted by Gasteiger charge is 2.18. The Kier molecular flexibility index (Phi) is 6.31. The Bertz CT molecular complexity index is 447. The number of carbonyl (C=O) groups excluding carboxylic acids is 1. The molecule has 5 heteroatoms. The quantitative estimate of drug-likeness (QED) is 0.777. The molecule has 0 amide bonds. The maximum Gasteiger partial charge on any atom is 0.347 e. The van der Waals surface area contributed by atoms with Crippen molar-refractivity contribution in [2.24, 2.45) is 0 Å². The van der Waals surface area contributed by atoms with Crippen molar-refractivity contribution in [2.45, 2.75) is 32.9 Å². The maximum atomic E-state index is 11.6. The Hall–Kier alpha value is -1.75. The zero-order valence-corrected chi connectivity index (χ0v) is 12.7. The van der Waals surface area contributed by atoms with E-state index in [2.05, 4.69) is 12.2 Å². The molecule has 2 unspecified atom stereocenters. The van der Waals surface area contributed by atoms with Gasteiger partial charge in [-0.05, 0) is 45.5 Å². The molecule has 0 saturated carbocycles. The summed E-state index contributed by atoms with van der Waals surface area (Å²) in [6, 6.07) is 5.85. The topological polar surface area (TPSA) is 56.8 Å². The molecule has 1 aromatic carbocycles. The van der Waals surface area contributed by atoms with Crippen molar-refractivity contribution in [3.63, 3.8) is 0 Å². The van der Waals surface area contributed by atoms with Crippen LogP contribution >= 0.6 is 0 Å². The summed E-state index contributed by atoms with van der Waals surface area (Å²) >= 11 is 0. The van der Waals surface area contributed by atoms with Crippen molar-refractivity contribution < 1.29 is 19.0 Å². The first-order chi connectivity index (χ1) is 9.53. The summed E-state index contributed by atoms with van der Waals surface area (Å²) in [5, 5.41) is 3.16. The molecule has 0 radical (unpaired) electrons. The monoisotopic (exact) mass is 281 g/mol. The second-order valence-corrected chi connectivity index (χ2v) is 4.43. The zero-order chi connectivity index (χ0) is 15.1. The molecule has 5 nitrogen and oxygen atoms in total. The van der Waals surface area contributed by atoms with Gasteiger partial charge in [0.2, 0.25) is 0 Å². The summed E-state index contributed by atoms with van der Waals surface area (Å²) in [6.07, 6.45) is -0.670. The lowest BCUT2D eigenvalue weighted by Gasteiger charge is -2.18. The average Bonchev–Trinajstić information content (AvgIpc) is 2.46. The van der Waals surface area contributed by atoms with Gasteiger partial charge in [-0.2, -0.15) is 0 Å². The maximum absolute atomic E-state index is 11.6. The Morgan fingerprint density at radius 3 is 2.55 bits per heavy atom. The summed E-state index contributed by atoms with van der Waals surface area (Å²) in [7, 11) is 3.47. The van der Waals surface area contributed by atoms with Crippen molar-refractivity contribution in [3.05, 3.63) is 23.8 Å². The van der Waals surface area contributed by atoms with Crippen molar-refractivity contribution in [3.8, 4) is 11.5 Å². The van der Waals surface area contributed by atoms with Gasteiger partial charge in [0.05, 0.1) is 13.7 Å². The number of methoxy groups -OCH3 is 1. The van der Waals surface area contributed by atoms with E-state index >= 15 is 0 Å². The molecule has 0 bridgehead atoms. The minimum atomic E-state index is -0.670. The molecular formula is C15H23NO4. The fourth-order valence-electron chi connectivity index (χ4n) is 1.72. The van der Waals surface area contributed by atoms with E-state index in [4.69, 9.17) is 14.2 Å². The predicted octanol–water partition coefficient (Wildman–Crippen LogP) is 2.31. The molecule has 0 saturated heterocycles. The highest BCUT2D eigenvalue weighted by molar-refractivity contribution is 5.74. The third kappa shape index (κ3) is 4.13. The molecule has 0 aliphatic heterocycles. The van der Waals surface area contributed by atoms with Crippen molar-refractivity contribution >= 4 is 5.97 Å². The van der Waals surface area contributed by atoms with Crippen molar-refractivity contribution in [2.75, 3.05) is 20.8 Å². The third-order valence-corrected chi connectivity index (χ3v) is 3.04. The van der Waals surface area contributed by atoms with Crippen LogP contribution in [0, 0.1) is 0 Å². The van der Waals surface area contributed by atoms with Crippen LogP contribution in [0.4, 0.5) is 0 Å². The number of hydrogen-bond donors (Lipinski definition) is 1. The van der Waals surface area contributed by atoms with Crippen molar-refractivity contribution in [1.82, 2.24) is 5.32 Å². The Morgan fingerprint density at radius 2 is 2.00 bits per heavy atom. The standard InChI is InChI=1S/C15H23NO4/c1-6-19-15(17)11(3)20-13-8-7-12(10(2)16-4)9-14(13)18-5/h7-11,16H,6H2,1-5H3. The molecule has 0 fully saturated rings. The number of nitrogens with one attached hydrogen (secondary N) is 1. The highest BCUT2D eigenvalue weighted by atomic mass is 16.6. The number of hydrogen-bond acceptors (Lipinski definition) is 5. The van der Waals surface area contributed by atoms with E-state index in [1.54, 1.807) is 27.0 Å². The van der Waals surface area contributed by atoms with Gasteiger partial charge in [-0.3, -0.25) is 0 Å². The summed E-state index contributed by atoms with van der Waals surface area (Å²) < 4.78 is 15.8. The van der Waals surface area contributed by atoms with Gasteiger partial charge in [0.25, 0.3) is 0 Å². The van der Waals surface area contributed by atoms with Gasteiger partial charge < -0.3 is 19.5 Å². The highest BCUT2D eigenvalue weighted by Crippen LogP contribution is 2.31. The van der Waals surface area contributed by atoms with Gasteiger partial charge in [-0.1, -0.05) is 6.07 Å². The molecule has 20 heavy (non-hydrogen) atoms. The fraction of sp³-hybridized carbons (Fsp3) is 0.533. The van der Waals surface area contributed by atoms with Gasteiger partial charge in [0.15, 0.2) is 17.6 Å². The largest absolute Gasteiger partial charge is 0.493 e. The second kappa shape index (κ2) is 7.75. The Labute approximate surface area is 120 Å². The van der Waals surface area contributed by atoms with Gasteiger partial charge in [-0.15, -0.1) is 0 Å². The number of esters is 1. The van der Waals surface area contributed by atoms with E-state index in [1.165, 1.54) is 0 Å². The number of ether oxygens (including phenoxy) is 3. The van der Waals surface area contributed by atoms with Crippen LogP contribution < -0.4 is 14.8 Å². The molecule has 112 valence electrons. The molecule has 1 N–H and O–H groups in total. The first-order valence-electron chi connectivity index (χ1n) is 6.71. The fourth-order valence-corrected chi connectivity index (χ4v) is 1.72. The zero-order valence-electron chi connectivity index (χ0n) is 12.7. The Balaban J connectivity index is 2.87. The van der Waals surface area contributed by atoms with Gasteiger partial charge in [-0.25, -0.2) is 4.79 Å². The van der Waals surface area contributed by atoms with Crippen LogP contribution in [0.15, 0.2) is 18.2 Å². The van der Waals surface area contributed by atoms with E-state index in [0.717, 1.165) is 5.56 Å². The third-order valence-electron chi connectivity index (χ3n) is 3.04. The molecule has 2 atom stereocenters. The second-order valence-electron chi connectivity index (χ2n) is 4.43. The first-order valence-corrected chi connectivity index (χ1v) is 6.71. The molecule has 1 aromatic rings. The normalized spacial score (nSPS) is 13.4. The molecule has 0 aliphatic rings. The van der Waals surface area contributed by atoms with Crippen molar-refractivity contribution in [1.29, 1.82) is 0 Å². The lowest BCUT2D eigenvalue weighted by atomic mass is 10.1. The summed E-state index contributed by atoms with van der Waals surface area (Å²) in [5.74, 6) is 0.739. The van der Waals surface area contributed by atoms with E-state index < -0.39 is 6.10 Å². The van der Waals surface area contributed by atoms with Crippen LogP contribution in [0.3, 0.4) is 0 Å². The van der Waals surface area contributed by atoms with Crippen LogP contribution in [0.2, 0.25) is 0 Å². The molecule has 0 heterocycles. The molecule has 1 rings (SSSR count). The summed E-state index contributed by atoms with van der Waals surface area (Å²) in [5.41, 5.74) is 1.08. The molecule has 0 spiro atoms. The number of rotatable bonds is 7. The molecule has 0 aliphatic carbocycles. The predicted molar refractivity (Wildman–Crippen MR) is 77.2 cm³/mol. The Morgan fingerprint density at radius 1 is 1.30 bits per heavy atom. The van der Waals surface area contributed by atoms with E-state index in [9.17, 15) is 4.79 Å². The minimum Gasteiger partial charge on any atom is -0.493 e. The van der Waals surface area contributed by atoms with Crippen LogP contribution in [-0.2, 0) is 9.53 Å². The molecule has 0 aromatic heterocycles. The van der Waals surface area contributed by atoms with Gasteiger partial charge in [0.1, 0.15) is 0 Å². The van der Waals surface area contributed by atoms with E-state index in [1.807, 2.05) is 19.2 Å². The van der Waals surface area contributed by atoms with Crippen LogP contribution in [-0.4, -0.2) is 32.8 Å². The smallest absolute Gasteiger partial charge is 0.347 e. The molecular weight excluding hydrogens is 258 g/mol. The van der Waals surface area contributed by atoms with E-state index in [-0.39, 0.29) is 12.0 Å². The SMILES string of the molecule is CCOC(=O)C(C)Oc1ccc(C(C)NC)cc1OC. The minimum absolute atomic E-state index is 0.209. The number of benzene rings is 1. The van der Waals surface area contributed by atoms with Gasteiger partial charge >= 0.3 is 5.97 Å². The lowest BCUT2D eigenvalue weighted by Crippen LogP contribution is -2.26. The summed E-state index contributed by atoms with van der Waals surface area (Å²) in [4.78, 5) is 11.6. The van der Waals surface area contributed by atoms with Crippen LogP contribution in [0.1, 0.15) is 32.4 Å². The first kappa shape index (κ1) is 16.3. The van der Waals surface area contributed by atoms with Crippen LogP contribution in [0.25, 0.3) is 0 Å². The van der Waals surface area contributed by atoms with Crippen LogP contribution in [0.5, 0.6) is 11.5 Å². The average molecular weight is 281 g/mol. The van der Waals surface area contributed by atoms with Gasteiger partial charge in [0, 0.05) is 6.04 Å². The van der Waals surface area contributed by atoms with E-state index in [0.29, 0.717) is 18.1 Å².